The zero-order valence-electron chi connectivity index (χ0n) is 12.8. The van der Waals surface area contributed by atoms with Gasteiger partial charge in [-0.15, -0.1) is 0 Å². The van der Waals surface area contributed by atoms with Crippen molar-refractivity contribution in [2.24, 2.45) is 0 Å². The largest absolute Gasteiger partial charge is 0.466 e. The number of rotatable bonds is 7. The summed E-state index contributed by atoms with van der Waals surface area (Å²) in [6.45, 7) is 0.558. The predicted octanol–water partition coefficient (Wildman–Crippen LogP) is 3.10. The van der Waals surface area contributed by atoms with Crippen molar-refractivity contribution in [1.82, 2.24) is 5.48 Å². The third-order valence-corrected chi connectivity index (χ3v) is 3.10. The number of benzene rings is 2. The fourth-order valence-corrected chi connectivity index (χ4v) is 1.91. The second-order valence-corrected chi connectivity index (χ2v) is 4.81. The molecule has 0 spiro atoms. The van der Waals surface area contributed by atoms with Crippen molar-refractivity contribution < 1.29 is 18.8 Å². The summed E-state index contributed by atoms with van der Waals surface area (Å²) in [4.78, 5) is 17.1. The van der Waals surface area contributed by atoms with Crippen LogP contribution in [0.2, 0.25) is 0 Å². The summed E-state index contributed by atoms with van der Waals surface area (Å²) >= 11 is 0. The van der Waals surface area contributed by atoms with Crippen LogP contribution in [-0.2, 0) is 21.0 Å². The molecule has 2 aromatic rings. The van der Waals surface area contributed by atoms with Crippen molar-refractivity contribution in [1.29, 1.82) is 0 Å². The molecule has 120 valence electrons. The number of nitrogens with one attached hydrogen (secondary N) is 1. The molecule has 2 aromatic carbocycles. The van der Waals surface area contributed by atoms with Crippen molar-refractivity contribution in [3.05, 3.63) is 77.1 Å². The van der Waals surface area contributed by atoms with Crippen LogP contribution in [0.4, 0.5) is 4.39 Å². The van der Waals surface area contributed by atoms with Gasteiger partial charge in [0.1, 0.15) is 5.82 Å². The molecular formula is C18H18FNO3. The minimum Gasteiger partial charge on any atom is -0.466 e. The zero-order valence-corrected chi connectivity index (χ0v) is 12.8. The van der Waals surface area contributed by atoms with Gasteiger partial charge >= 0.3 is 5.97 Å². The Kier molecular flexibility index (Phi) is 6.47. The molecule has 4 nitrogen and oxygen atoms in total. The molecule has 2 rings (SSSR count). The normalized spacial score (nSPS) is 11.3. The molecule has 1 N–H and O–H groups in total. The van der Waals surface area contributed by atoms with Gasteiger partial charge < -0.3 is 4.74 Å². The Morgan fingerprint density at radius 2 is 1.83 bits per heavy atom. The Bertz CT molecular complexity index is 654. The molecular weight excluding hydrogens is 297 g/mol. The Hall–Kier alpha value is -2.50. The third kappa shape index (κ3) is 5.65. The van der Waals surface area contributed by atoms with Gasteiger partial charge in [0.2, 0.25) is 0 Å². The van der Waals surface area contributed by atoms with E-state index in [-0.39, 0.29) is 12.4 Å². The Labute approximate surface area is 134 Å². The summed E-state index contributed by atoms with van der Waals surface area (Å²) in [5.41, 5.74) is 4.84. The molecule has 0 heterocycles. The molecule has 0 fully saturated rings. The lowest BCUT2D eigenvalue weighted by atomic mass is 10.1. The molecule has 5 heteroatoms. The second-order valence-electron chi connectivity index (χ2n) is 4.81. The lowest BCUT2D eigenvalue weighted by molar-refractivity contribution is -0.136. The molecule has 0 aliphatic rings. The molecule has 0 saturated carbocycles. The van der Waals surface area contributed by atoms with Gasteiger partial charge in [0, 0.05) is 0 Å². The minimum absolute atomic E-state index is 0.177. The zero-order chi connectivity index (χ0) is 16.5. The topological polar surface area (TPSA) is 47.6 Å². The fourth-order valence-electron chi connectivity index (χ4n) is 1.91. The number of hydrogen-bond acceptors (Lipinski definition) is 4. The number of hydroxylamine groups is 1. The van der Waals surface area contributed by atoms with Crippen molar-refractivity contribution in [3.63, 3.8) is 0 Å². The van der Waals surface area contributed by atoms with Gasteiger partial charge in [0.05, 0.1) is 25.8 Å². The highest BCUT2D eigenvalue weighted by Gasteiger charge is 2.09. The van der Waals surface area contributed by atoms with E-state index >= 15 is 0 Å². The number of methoxy groups -OCH3 is 1. The van der Waals surface area contributed by atoms with E-state index in [2.05, 4.69) is 5.48 Å². The van der Waals surface area contributed by atoms with Crippen LogP contribution in [0.25, 0.3) is 6.08 Å². The number of esters is 1. The van der Waals surface area contributed by atoms with E-state index in [1.165, 1.54) is 19.2 Å². The standard InChI is InChI=1S/C18H18FNO3/c1-22-18(21)16(11-14-7-9-17(19)10-8-14)12-20-23-13-15-5-3-2-4-6-15/h2-11,20H,12-13H2,1H3/b16-11-. The highest BCUT2D eigenvalue weighted by Crippen LogP contribution is 2.09. The van der Waals surface area contributed by atoms with Crippen LogP contribution in [-0.4, -0.2) is 19.6 Å². The molecule has 0 aliphatic heterocycles. The smallest absolute Gasteiger partial charge is 0.335 e. The fraction of sp³-hybridized carbons (Fsp3) is 0.167. The van der Waals surface area contributed by atoms with E-state index in [1.807, 2.05) is 30.3 Å². The van der Waals surface area contributed by atoms with Crippen molar-refractivity contribution in [2.45, 2.75) is 6.61 Å². The maximum Gasteiger partial charge on any atom is 0.335 e. The Balaban J connectivity index is 1.93. The quantitative estimate of drug-likeness (QED) is 0.369. The van der Waals surface area contributed by atoms with Crippen LogP contribution in [0.1, 0.15) is 11.1 Å². The molecule has 0 bridgehead atoms. The van der Waals surface area contributed by atoms with E-state index < -0.39 is 5.97 Å². The molecule has 0 atom stereocenters. The van der Waals surface area contributed by atoms with E-state index in [4.69, 9.17) is 9.57 Å². The maximum absolute atomic E-state index is 12.9. The summed E-state index contributed by atoms with van der Waals surface area (Å²) in [7, 11) is 1.31. The Morgan fingerprint density at radius 3 is 2.48 bits per heavy atom. The molecule has 23 heavy (non-hydrogen) atoms. The summed E-state index contributed by atoms with van der Waals surface area (Å²) in [6, 6.07) is 15.5. The summed E-state index contributed by atoms with van der Waals surface area (Å²) in [6.07, 6.45) is 1.63. The SMILES string of the molecule is COC(=O)/C(=C\c1ccc(F)cc1)CNOCc1ccccc1. The summed E-state index contributed by atoms with van der Waals surface area (Å²) in [5.74, 6) is -0.795. The van der Waals surface area contributed by atoms with Gasteiger partial charge in [-0.2, -0.15) is 5.48 Å². The molecule has 0 saturated heterocycles. The van der Waals surface area contributed by atoms with Crippen LogP contribution < -0.4 is 5.48 Å². The van der Waals surface area contributed by atoms with Crippen LogP contribution >= 0.6 is 0 Å². The number of carbonyl (C=O) groups excluding carboxylic acids is 1. The number of hydrogen-bond donors (Lipinski definition) is 1. The van der Waals surface area contributed by atoms with Gasteiger partial charge in [0.25, 0.3) is 0 Å². The summed E-state index contributed by atoms with van der Waals surface area (Å²) < 4.78 is 17.7. The van der Waals surface area contributed by atoms with Crippen LogP contribution in [0.15, 0.2) is 60.2 Å². The van der Waals surface area contributed by atoms with Gasteiger partial charge in [-0.05, 0) is 29.3 Å². The minimum atomic E-state index is -0.467. The molecule has 0 radical (unpaired) electrons. The average molecular weight is 315 g/mol. The van der Waals surface area contributed by atoms with E-state index in [0.29, 0.717) is 17.7 Å². The highest BCUT2D eigenvalue weighted by molar-refractivity contribution is 5.94. The number of ether oxygens (including phenoxy) is 1. The summed E-state index contributed by atoms with van der Waals surface area (Å²) in [5, 5.41) is 0. The number of halogens is 1. The highest BCUT2D eigenvalue weighted by atomic mass is 19.1. The van der Waals surface area contributed by atoms with Gasteiger partial charge in [-0.1, -0.05) is 42.5 Å². The van der Waals surface area contributed by atoms with E-state index in [1.54, 1.807) is 18.2 Å². The molecule has 0 aliphatic carbocycles. The molecule has 0 aromatic heterocycles. The monoisotopic (exact) mass is 315 g/mol. The average Bonchev–Trinajstić information content (AvgIpc) is 2.59. The van der Waals surface area contributed by atoms with Crippen molar-refractivity contribution in [3.8, 4) is 0 Å². The first kappa shape index (κ1) is 16.9. The van der Waals surface area contributed by atoms with Crippen molar-refractivity contribution >= 4 is 12.0 Å². The van der Waals surface area contributed by atoms with Gasteiger partial charge in [-0.25, -0.2) is 9.18 Å². The first-order valence-corrected chi connectivity index (χ1v) is 7.12. The third-order valence-electron chi connectivity index (χ3n) is 3.10. The van der Waals surface area contributed by atoms with Crippen LogP contribution in [0, 0.1) is 5.82 Å². The van der Waals surface area contributed by atoms with Gasteiger partial charge in [0.15, 0.2) is 0 Å². The molecule has 0 amide bonds. The van der Waals surface area contributed by atoms with Crippen molar-refractivity contribution in [2.75, 3.05) is 13.7 Å². The first-order chi connectivity index (χ1) is 11.2. The first-order valence-electron chi connectivity index (χ1n) is 7.12. The number of carbonyl (C=O) groups is 1. The predicted molar refractivity (Wildman–Crippen MR) is 85.6 cm³/mol. The van der Waals surface area contributed by atoms with E-state index in [9.17, 15) is 9.18 Å². The van der Waals surface area contributed by atoms with E-state index in [0.717, 1.165) is 5.56 Å². The lowest BCUT2D eigenvalue weighted by Gasteiger charge is -2.08. The second kappa shape index (κ2) is 8.82. The molecule has 0 unspecified atom stereocenters. The van der Waals surface area contributed by atoms with Gasteiger partial charge in [-0.3, -0.25) is 4.84 Å². The lowest BCUT2D eigenvalue weighted by Crippen LogP contribution is -2.22. The van der Waals surface area contributed by atoms with Crippen LogP contribution in [0.3, 0.4) is 0 Å². The maximum atomic E-state index is 12.9. The Morgan fingerprint density at radius 1 is 1.13 bits per heavy atom. The van der Waals surface area contributed by atoms with Crippen LogP contribution in [0.5, 0.6) is 0 Å².